The van der Waals surface area contributed by atoms with E-state index in [1.54, 1.807) is 0 Å². The zero-order valence-corrected chi connectivity index (χ0v) is 65.7. The third-order valence-electron chi connectivity index (χ3n) is 17.5. The van der Waals surface area contributed by atoms with Crippen LogP contribution in [0.25, 0.3) is 0 Å². The Hall–Kier alpha value is -6.22. The van der Waals surface area contributed by atoms with Crippen LogP contribution in [0.15, 0.2) is 194 Å². The molecule has 552 valence electrons. The molecule has 0 bridgehead atoms. The molecule has 101 heavy (non-hydrogen) atoms. The Morgan fingerprint density at radius 3 is 0.970 bits per heavy atom. The molecule has 0 amide bonds. The lowest BCUT2D eigenvalue weighted by Gasteiger charge is -2.39. The number of likely N-dealkylation sites (N-methyl/N-ethyl adjacent to an activating group) is 3. The molecule has 0 N–H and O–H groups in total. The Kier molecular flexibility index (Phi) is 41.0. The number of rotatable bonds is 29. The van der Waals surface area contributed by atoms with Crippen molar-refractivity contribution in [3.63, 3.8) is 0 Å². The maximum absolute atomic E-state index is 9.67. The molecule has 0 saturated heterocycles. The highest BCUT2D eigenvalue weighted by Gasteiger charge is 2.39. The van der Waals surface area contributed by atoms with Gasteiger partial charge in [-0.05, 0) is 206 Å². The summed E-state index contributed by atoms with van der Waals surface area (Å²) in [6.45, 7) is 36.8. The maximum atomic E-state index is 9.67. The zero-order chi connectivity index (χ0) is 72.6. The second kappa shape index (κ2) is 46.5. The lowest BCUT2D eigenvalue weighted by atomic mass is 9.76. The lowest BCUT2D eigenvalue weighted by Crippen LogP contribution is -3.00. The zero-order valence-electron chi connectivity index (χ0n) is 63.9. The first-order valence-electron chi connectivity index (χ1n) is 35.6. The number of halogens is 4. The van der Waals surface area contributed by atoms with Crippen LogP contribution in [0.5, 0.6) is 11.5 Å². The molecule has 10 nitrogen and oxygen atoms in total. The van der Waals surface area contributed by atoms with E-state index in [0.29, 0.717) is 24.2 Å². The first kappa shape index (κ1) is 89.0. The number of pyridine rings is 2. The lowest BCUT2D eigenvalue weighted by molar-refractivity contribution is -0.0000291. The number of ether oxygens (including phenoxy) is 1. The minimum absolute atomic E-state index is 0. The SMILES string of the molecule is C.CC(C)N(CN(C(C)C)C(C)C)C(C)C.CC1(C)c2cccc(P(c3ccccc3)c3ccccc3)c2Oc2c(P(c3ccccc3)c3ccccc3)cccc21.CN(C)CCN(C)CCN(C)C.Cc1cccc(CN(C)CCCCCCN(C)Cc2cccc(C)n2)n1.FB(F)F.[F-]. The van der Waals surface area contributed by atoms with Gasteiger partial charge in [-0.3, -0.25) is 32.7 Å². The van der Waals surface area contributed by atoms with Gasteiger partial charge in [0.2, 0.25) is 0 Å². The highest BCUT2D eigenvalue weighted by atomic mass is 31.1. The van der Waals surface area contributed by atoms with Crippen molar-refractivity contribution < 1.29 is 22.4 Å². The molecule has 0 atom stereocenters. The molecule has 1 aliphatic heterocycles. The van der Waals surface area contributed by atoms with Crippen molar-refractivity contribution in [1.82, 2.24) is 44.3 Å². The highest BCUT2D eigenvalue weighted by Crippen LogP contribution is 2.52. The molecule has 0 aliphatic carbocycles. The average molecular weight is 1420 g/mol. The van der Waals surface area contributed by atoms with Crippen molar-refractivity contribution in [3.8, 4) is 11.5 Å². The molecular weight excluding hydrogens is 1300 g/mol. The van der Waals surface area contributed by atoms with E-state index in [1.807, 2.05) is 0 Å². The van der Waals surface area contributed by atoms with E-state index in [4.69, 9.17) is 4.74 Å². The van der Waals surface area contributed by atoms with Crippen molar-refractivity contribution >= 4 is 55.2 Å². The normalized spacial score (nSPS) is 12.1. The number of nitrogens with zero attached hydrogens (tertiary/aromatic N) is 9. The van der Waals surface area contributed by atoms with Crippen LogP contribution in [0, 0.1) is 13.8 Å². The summed E-state index contributed by atoms with van der Waals surface area (Å²) in [5.74, 6) is 2.02. The molecule has 0 saturated carbocycles. The smallest absolute Gasteiger partial charge is 0.762 e. The van der Waals surface area contributed by atoms with Crippen molar-refractivity contribution in [2.45, 2.75) is 159 Å². The molecule has 8 aromatic rings. The summed E-state index contributed by atoms with van der Waals surface area (Å²) < 4.78 is 36.3. The maximum Gasteiger partial charge on any atom is 0.762 e. The van der Waals surface area contributed by atoms with E-state index in [9.17, 15) is 12.9 Å². The summed E-state index contributed by atoms with van der Waals surface area (Å²) in [5.41, 5.74) is 6.79. The van der Waals surface area contributed by atoms with Crippen molar-refractivity contribution in [2.24, 2.45) is 0 Å². The minimum Gasteiger partial charge on any atom is -1.00 e. The van der Waals surface area contributed by atoms with Gasteiger partial charge >= 0.3 is 7.54 Å². The minimum atomic E-state index is -3.67. The molecule has 9 rings (SSSR count). The first-order chi connectivity index (χ1) is 47.2. The number of benzene rings is 6. The summed E-state index contributed by atoms with van der Waals surface area (Å²) in [5, 5.41) is 7.81. The van der Waals surface area contributed by atoms with E-state index in [1.165, 1.54) is 80.0 Å². The Labute approximate surface area is 612 Å². The van der Waals surface area contributed by atoms with E-state index in [-0.39, 0.29) is 17.5 Å². The Bertz CT molecular complexity index is 3190. The van der Waals surface area contributed by atoms with Gasteiger partial charge < -0.3 is 33.9 Å². The summed E-state index contributed by atoms with van der Waals surface area (Å²) >= 11 is 0. The fourth-order valence-corrected chi connectivity index (χ4v) is 16.9. The molecule has 0 radical (unpaired) electrons. The fourth-order valence-electron chi connectivity index (χ4n) is 12.1. The van der Waals surface area contributed by atoms with Crippen LogP contribution in [0.4, 0.5) is 12.9 Å². The predicted molar refractivity (Wildman–Crippen MR) is 431 cm³/mol. The Morgan fingerprint density at radius 2 is 0.693 bits per heavy atom. The van der Waals surface area contributed by atoms with Gasteiger partial charge in [0.15, 0.2) is 0 Å². The number of aromatic nitrogens is 2. The second-order valence-electron chi connectivity index (χ2n) is 28.2. The number of aryl methyl sites for hydroxylation is 2. The number of hydrogen-bond acceptors (Lipinski definition) is 10. The van der Waals surface area contributed by atoms with Gasteiger partial charge in [0.25, 0.3) is 0 Å². The summed E-state index contributed by atoms with van der Waals surface area (Å²) in [4.78, 5) is 25.8. The predicted octanol–water partition coefficient (Wildman–Crippen LogP) is 13.6. The van der Waals surface area contributed by atoms with Crippen molar-refractivity contribution in [2.75, 3.05) is 95.3 Å². The molecule has 2 aromatic heterocycles. The van der Waals surface area contributed by atoms with Gasteiger partial charge in [0, 0.05) is 102 Å². The quantitative estimate of drug-likeness (QED) is 0.0149. The molecule has 6 aromatic carbocycles. The van der Waals surface area contributed by atoms with E-state index in [2.05, 4.69) is 371 Å². The molecule has 17 heteroatoms. The number of fused-ring (bicyclic) bond motifs is 2. The van der Waals surface area contributed by atoms with Crippen LogP contribution in [-0.4, -0.2) is 171 Å². The van der Waals surface area contributed by atoms with Crippen LogP contribution >= 0.6 is 15.8 Å². The van der Waals surface area contributed by atoms with Crippen LogP contribution in [0.2, 0.25) is 0 Å². The van der Waals surface area contributed by atoms with Crippen LogP contribution in [0.3, 0.4) is 0 Å². The van der Waals surface area contributed by atoms with Crippen LogP contribution in [0.1, 0.15) is 136 Å². The summed E-state index contributed by atoms with van der Waals surface area (Å²) in [6.07, 6.45) is 5.10. The van der Waals surface area contributed by atoms with Crippen molar-refractivity contribution in [3.05, 3.63) is 228 Å². The van der Waals surface area contributed by atoms with Gasteiger partial charge in [-0.15, -0.1) is 0 Å². The number of unbranched alkanes of at least 4 members (excludes halogenated alkanes) is 3. The van der Waals surface area contributed by atoms with Crippen molar-refractivity contribution in [1.29, 1.82) is 0 Å². The topological polar surface area (TPSA) is 57.7 Å². The van der Waals surface area contributed by atoms with Crippen LogP contribution in [-0.2, 0) is 18.5 Å². The average Bonchev–Trinajstić information content (AvgIpc) is 0.725. The van der Waals surface area contributed by atoms with Gasteiger partial charge in [-0.2, -0.15) is 0 Å². The molecule has 0 fully saturated rings. The van der Waals surface area contributed by atoms with Gasteiger partial charge in [0.05, 0.1) is 18.1 Å². The third-order valence-corrected chi connectivity index (χ3v) is 22.4. The standard InChI is InChI=1S/C39H32OP2.C22H34N4.C13H30N2.C9H23N3.CH4.BF3.FH/c1-39(2)33-25-15-27-35(41(29-17-7-3-8-18-29)30-19-9-4-10-20-30)37(33)40-38-34(39)26-16-28-36(38)42(31-21-11-5-12-22-31)32-23-13-6-14-24-32;1-19-11-9-13-21(23-19)17-25(3)15-7-5-6-8-16-26(4)18-22-14-10-12-20(2)24-22;1-10(2)14(11(3)4)9-15(12(5)6)13(7)8;1-10(2)6-8-12(5)9-7-11(3)4;;2-1(3)4;/h3-28H,1-2H3;9-14H,5-8,15-18H2,1-4H3;10-13H,9H2,1-8H3;6-9H2,1-5H3;1H4;;1H/p-1. The van der Waals surface area contributed by atoms with Gasteiger partial charge in [0.1, 0.15) is 11.5 Å². The van der Waals surface area contributed by atoms with E-state index in [0.717, 1.165) is 81.9 Å². The van der Waals surface area contributed by atoms with E-state index < -0.39 is 23.4 Å². The van der Waals surface area contributed by atoms with Gasteiger partial charge in [-0.1, -0.05) is 204 Å². The number of para-hydroxylation sites is 2. The summed E-state index contributed by atoms with van der Waals surface area (Å²) in [6, 6.07) is 72.1. The second-order valence-corrected chi connectivity index (χ2v) is 32.6. The Balaban J connectivity index is 0.000000384. The highest BCUT2D eigenvalue weighted by molar-refractivity contribution is 7.80. The largest absolute Gasteiger partial charge is 1.00 e. The first-order valence-corrected chi connectivity index (χ1v) is 38.3. The Morgan fingerprint density at radius 1 is 0.396 bits per heavy atom. The fraction of sp³-hybridized carbons (Fsp3) is 0.452. The van der Waals surface area contributed by atoms with Gasteiger partial charge in [-0.25, -0.2) is 0 Å². The number of hydrogen-bond donors (Lipinski definition) is 0. The molecular formula is C84H123BF4N9OP2-. The van der Waals surface area contributed by atoms with E-state index >= 15 is 0 Å². The monoisotopic (exact) mass is 1420 g/mol. The molecule has 1 aliphatic rings. The molecule has 0 unspecified atom stereocenters. The molecule has 3 heterocycles. The molecule has 0 spiro atoms. The third kappa shape index (κ3) is 30.6. The summed E-state index contributed by atoms with van der Waals surface area (Å²) in [7, 11) is 9.68. The van der Waals surface area contributed by atoms with Crippen LogP contribution < -0.4 is 41.3 Å².